The first-order chi connectivity index (χ1) is 18.1. The lowest BCUT2D eigenvalue weighted by Crippen LogP contribution is -2.49. The molecule has 7 nitrogen and oxygen atoms in total. The van der Waals surface area contributed by atoms with E-state index in [2.05, 4.69) is 32.6 Å². The van der Waals surface area contributed by atoms with E-state index in [0.29, 0.717) is 37.0 Å². The number of rotatable bonds is 6. The van der Waals surface area contributed by atoms with Gasteiger partial charge in [-0.1, -0.05) is 51.5 Å². The summed E-state index contributed by atoms with van der Waals surface area (Å²) in [5.74, 6) is 1.40. The summed E-state index contributed by atoms with van der Waals surface area (Å²) in [6, 6.07) is 15.3. The van der Waals surface area contributed by atoms with Crippen molar-refractivity contribution < 1.29 is 13.2 Å². The fourth-order valence-corrected chi connectivity index (χ4v) is 6.87. The van der Waals surface area contributed by atoms with Gasteiger partial charge in [0.2, 0.25) is 15.9 Å². The molecule has 2 aliphatic rings. The van der Waals surface area contributed by atoms with Crippen LogP contribution < -0.4 is 4.74 Å². The molecule has 2 heterocycles. The van der Waals surface area contributed by atoms with Gasteiger partial charge in [-0.15, -0.1) is 0 Å². The predicted molar refractivity (Wildman–Crippen MR) is 151 cm³/mol. The second kappa shape index (κ2) is 10.9. The summed E-state index contributed by atoms with van der Waals surface area (Å²) in [5.41, 5.74) is 1.99. The molecule has 1 aromatic heterocycles. The van der Waals surface area contributed by atoms with Crippen LogP contribution in [0.4, 0.5) is 0 Å². The number of benzene rings is 2. The van der Waals surface area contributed by atoms with Crippen LogP contribution in [0.25, 0.3) is 10.9 Å². The number of para-hydroxylation sites is 1. The van der Waals surface area contributed by atoms with Gasteiger partial charge in [0.05, 0.1) is 21.8 Å². The van der Waals surface area contributed by atoms with Crippen LogP contribution in [-0.4, -0.2) is 59.9 Å². The molecule has 204 valence electrons. The SMILES string of the molecule is C[C@H](c1nc(OC2CCCCC2)c2ccccc2n1)N1CCN(S(=O)(=O)c2ccc(C(C)(C)C)cc2)CC1. The highest BCUT2D eigenvalue weighted by atomic mass is 32.2. The van der Waals surface area contributed by atoms with E-state index in [1.165, 1.54) is 19.3 Å². The summed E-state index contributed by atoms with van der Waals surface area (Å²) in [6.07, 6.45) is 6.01. The maximum absolute atomic E-state index is 13.3. The third-order valence-corrected chi connectivity index (χ3v) is 9.88. The largest absolute Gasteiger partial charge is 0.474 e. The van der Waals surface area contributed by atoms with E-state index < -0.39 is 10.0 Å². The molecular formula is C30H40N4O3S. The van der Waals surface area contributed by atoms with Crippen LogP contribution >= 0.6 is 0 Å². The standard InChI is InChI=1S/C30H40N4O3S/c1-22(28-31-27-13-9-8-12-26(27)29(32-28)37-24-10-6-5-7-11-24)33-18-20-34(21-19-33)38(35,36)25-16-14-23(15-17-25)30(2,3)4/h8-9,12-17,22,24H,5-7,10-11,18-21H2,1-4H3/t22-/m1/s1. The molecule has 38 heavy (non-hydrogen) atoms. The van der Waals surface area contributed by atoms with Gasteiger partial charge in [-0.25, -0.2) is 13.4 Å². The van der Waals surface area contributed by atoms with Crippen LogP contribution in [0.3, 0.4) is 0 Å². The quantitative estimate of drug-likeness (QED) is 0.402. The molecule has 1 aliphatic heterocycles. The van der Waals surface area contributed by atoms with Gasteiger partial charge in [0, 0.05) is 26.2 Å². The zero-order valence-electron chi connectivity index (χ0n) is 23.1. The molecule has 1 aliphatic carbocycles. The van der Waals surface area contributed by atoms with Crippen LogP contribution in [0.2, 0.25) is 0 Å². The third-order valence-electron chi connectivity index (χ3n) is 7.97. The molecule has 2 aromatic carbocycles. The average Bonchev–Trinajstić information content (AvgIpc) is 2.93. The lowest BCUT2D eigenvalue weighted by Gasteiger charge is -2.37. The van der Waals surface area contributed by atoms with Gasteiger partial charge in [-0.05, 0) is 67.9 Å². The van der Waals surface area contributed by atoms with E-state index >= 15 is 0 Å². The van der Waals surface area contributed by atoms with Crippen LogP contribution in [0.5, 0.6) is 5.88 Å². The highest BCUT2D eigenvalue weighted by Crippen LogP contribution is 2.31. The van der Waals surface area contributed by atoms with Crippen molar-refractivity contribution in [2.75, 3.05) is 26.2 Å². The van der Waals surface area contributed by atoms with E-state index in [9.17, 15) is 8.42 Å². The normalized spacial score (nSPS) is 19.5. The molecular weight excluding hydrogens is 496 g/mol. The van der Waals surface area contributed by atoms with E-state index in [4.69, 9.17) is 14.7 Å². The zero-order valence-corrected chi connectivity index (χ0v) is 23.9. The molecule has 1 atom stereocenters. The topological polar surface area (TPSA) is 75.6 Å². The van der Waals surface area contributed by atoms with Crippen molar-refractivity contribution >= 4 is 20.9 Å². The predicted octanol–water partition coefficient (Wildman–Crippen LogP) is 5.71. The number of fused-ring (bicyclic) bond motifs is 1. The second-order valence-electron chi connectivity index (χ2n) is 11.7. The van der Waals surface area contributed by atoms with Gasteiger partial charge in [0.25, 0.3) is 0 Å². The molecule has 0 unspecified atom stereocenters. The molecule has 1 saturated heterocycles. The first-order valence-corrected chi connectivity index (χ1v) is 15.3. The molecule has 0 amide bonds. The smallest absolute Gasteiger partial charge is 0.243 e. The summed E-state index contributed by atoms with van der Waals surface area (Å²) in [7, 11) is -3.53. The summed E-state index contributed by atoms with van der Waals surface area (Å²) >= 11 is 0. The van der Waals surface area contributed by atoms with Gasteiger partial charge in [-0.3, -0.25) is 4.90 Å². The molecule has 5 rings (SSSR count). The van der Waals surface area contributed by atoms with E-state index in [-0.39, 0.29) is 17.6 Å². The molecule has 3 aromatic rings. The monoisotopic (exact) mass is 536 g/mol. The Morgan fingerprint density at radius 3 is 2.21 bits per heavy atom. The van der Waals surface area contributed by atoms with Crippen molar-refractivity contribution in [3.05, 3.63) is 59.9 Å². The fourth-order valence-electron chi connectivity index (χ4n) is 5.45. The van der Waals surface area contributed by atoms with Crippen LogP contribution in [0.15, 0.2) is 53.4 Å². The minimum atomic E-state index is -3.53. The van der Waals surface area contributed by atoms with Gasteiger partial charge in [-0.2, -0.15) is 9.29 Å². The second-order valence-corrected chi connectivity index (χ2v) is 13.6. The number of sulfonamides is 1. The number of piperazine rings is 1. The summed E-state index contributed by atoms with van der Waals surface area (Å²) in [6.45, 7) is 10.6. The van der Waals surface area contributed by atoms with Crippen LogP contribution in [0.1, 0.15) is 77.2 Å². The Kier molecular flexibility index (Phi) is 7.76. The van der Waals surface area contributed by atoms with Crippen LogP contribution in [-0.2, 0) is 15.4 Å². The Labute approximate surface area is 227 Å². The highest BCUT2D eigenvalue weighted by Gasteiger charge is 2.32. The van der Waals surface area contributed by atoms with Gasteiger partial charge in [0.15, 0.2) is 0 Å². The lowest BCUT2D eigenvalue weighted by molar-refractivity contribution is 0.135. The van der Waals surface area contributed by atoms with Crippen molar-refractivity contribution in [1.82, 2.24) is 19.2 Å². The molecule has 1 saturated carbocycles. The number of ether oxygens (including phenoxy) is 1. The summed E-state index contributed by atoms with van der Waals surface area (Å²) < 4.78 is 34.7. The van der Waals surface area contributed by atoms with Crippen molar-refractivity contribution in [1.29, 1.82) is 0 Å². The third kappa shape index (κ3) is 5.72. The number of hydrogen-bond acceptors (Lipinski definition) is 6. The van der Waals surface area contributed by atoms with E-state index in [1.807, 2.05) is 36.4 Å². The fraction of sp³-hybridized carbons (Fsp3) is 0.533. The lowest BCUT2D eigenvalue weighted by atomic mass is 9.87. The van der Waals surface area contributed by atoms with E-state index in [0.717, 1.165) is 35.1 Å². The Balaban J connectivity index is 1.30. The van der Waals surface area contributed by atoms with Gasteiger partial charge >= 0.3 is 0 Å². The Morgan fingerprint density at radius 2 is 1.55 bits per heavy atom. The highest BCUT2D eigenvalue weighted by molar-refractivity contribution is 7.89. The maximum Gasteiger partial charge on any atom is 0.243 e. The van der Waals surface area contributed by atoms with Crippen molar-refractivity contribution in [3.8, 4) is 5.88 Å². The molecule has 2 fully saturated rings. The average molecular weight is 537 g/mol. The van der Waals surface area contributed by atoms with Gasteiger partial charge < -0.3 is 4.74 Å². The Morgan fingerprint density at radius 1 is 0.895 bits per heavy atom. The maximum atomic E-state index is 13.3. The molecule has 0 N–H and O–H groups in total. The van der Waals surface area contributed by atoms with E-state index in [1.54, 1.807) is 16.4 Å². The summed E-state index contributed by atoms with van der Waals surface area (Å²) in [5, 5.41) is 0.947. The van der Waals surface area contributed by atoms with Crippen molar-refractivity contribution in [2.24, 2.45) is 0 Å². The number of nitrogens with zero attached hydrogens (tertiary/aromatic N) is 4. The van der Waals surface area contributed by atoms with Gasteiger partial charge in [0.1, 0.15) is 11.9 Å². The minimum absolute atomic E-state index is 0.0177. The first-order valence-electron chi connectivity index (χ1n) is 13.9. The Bertz CT molecular complexity index is 1350. The van der Waals surface area contributed by atoms with Crippen molar-refractivity contribution in [2.45, 2.75) is 82.3 Å². The van der Waals surface area contributed by atoms with Crippen molar-refractivity contribution in [3.63, 3.8) is 0 Å². The first kappa shape index (κ1) is 27.0. The molecule has 0 spiro atoms. The molecule has 0 bridgehead atoms. The minimum Gasteiger partial charge on any atom is -0.474 e. The number of hydrogen-bond donors (Lipinski definition) is 0. The van der Waals surface area contributed by atoms with Crippen LogP contribution in [0, 0.1) is 0 Å². The zero-order chi connectivity index (χ0) is 26.9. The summed E-state index contributed by atoms with van der Waals surface area (Å²) in [4.78, 5) is 12.4. The molecule has 0 radical (unpaired) electrons. The number of aromatic nitrogens is 2. The molecule has 8 heteroatoms. The Hall–Kier alpha value is -2.55.